The van der Waals surface area contributed by atoms with Crippen LogP contribution in [0.25, 0.3) is 11.2 Å². The molecule has 0 N–H and O–H groups in total. The summed E-state index contributed by atoms with van der Waals surface area (Å²) in [4.78, 5) is 23.5. The standard InChI is InChI=1S/C22H26N4O2/c1-25(11-5-9-19-10-6-12-28-19)22(27)18-13-20-21(23-14-18)26(16-24-20)15-17-7-3-2-4-8-17/h2-4,7-8,13-14,16,19H,5-6,9-12,15H2,1H3. The molecule has 0 spiro atoms. The highest BCUT2D eigenvalue weighted by molar-refractivity contribution is 5.96. The van der Waals surface area contributed by atoms with Gasteiger partial charge >= 0.3 is 0 Å². The number of ether oxygens (including phenoxy) is 1. The number of amides is 1. The lowest BCUT2D eigenvalue weighted by Gasteiger charge is -2.18. The average Bonchev–Trinajstić information content (AvgIpc) is 3.38. The van der Waals surface area contributed by atoms with Crippen LogP contribution in [0.3, 0.4) is 0 Å². The van der Waals surface area contributed by atoms with Gasteiger partial charge in [-0.05, 0) is 37.3 Å². The fourth-order valence-electron chi connectivity index (χ4n) is 3.71. The molecule has 0 bridgehead atoms. The van der Waals surface area contributed by atoms with Crippen molar-refractivity contribution in [1.29, 1.82) is 0 Å². The van der Waals surface area contributed by atoms with Gasteiger partial charge in [0.25, 0.3) is 5.91 Å². The summed E-state index contributed by atoms with van der Waals surface area (Å²) in [5.41, 5.74) is 3.31. The van der Waals surface area contributed by atoms with Crippen molar-refractivity contribution in [3.05, 3.63) is 60.0 Å². The van der Waals surface area contributed by atoms with Crippen LogP contribution in [-0.2, 0) is 11.3 Å². The first-order valence-electron chi connectivity index (χ1n) is 9.92. The summed E-state index contributed by atoms with van der Waals surface area (Å²) in [7, 11) is 1.84. The van der Waals surface area contributed by atoms with Crippen LogP contribution in [0, 0.1) is 0 Å². The first-order chi connectivity index (χ1) is 13.7. The van der Waals surface area contributed by atoms with Gasteiger partial charge < -0.3 is 14.2 Å². The largest absolute Gasteiger partial charge is 0.378 e. The molecular formula is C22H26N4O2. The first kappa shape index (κ1) is 18.6. The number of imidazole rings is 1. The Hall–Kier alpha value is -2.73. The fourth-order valence-corrected chi connectivity index (χ4v) is 3.71. The van der Waals surface area contributed by atoms with Gasteiger partial charge in [-0.3, -0.25) is 4.79 Å². The third kappa shape index (κ3) is 4.22. The maximum absolute atomic E-state index is 12.7. The number of hydrogen-bond donors (Lipinski definition) is 0. The zero-order valence-corrected chi connectivity index (χ0v) is 16.3. The van der Waals surface area contributed by atoms with Gasteiger partial charge in [0.2, 0.25) is 0 Å². The van der Waals surface area contributed by atoms with E-state index in [-0.39, 0.29) is 5.91 Å². The Bertz CT molecular complexity index is 932. The fraction of sp³-hybridized carbons (Fsp3) is 0.409. The average molecular weight is 378 g/mol. The number of benzene rings is 1. The van der Waals surface area contributed by atoms with Crippen molar-refractivity contribution in [3.8, 4) is 0 Å². The van der Waals surface area contributed by atoms with E-state index in [1.54, 1.807) is 17.4 Å². The van der Waals surface area contributed by atoms with Crippen LogP contribution in [0.15, 0.2) is 48.9 Å². The normalized spacial score (nSPS) is 16.5. The molecule has 1 unspecified atom stereocenters. The summed E-state index contributed by atoms with van der Waals surface area (Å²) in [6.45, 7) is 2.31. The molecule has 6 heteroatoms. The van der Waals surface area contributed by atoms with Crippen LogP contribution in [0.5, 0.6) is 0 Å². The number of hydrogen-bond acceptors (Lipinski definition) is 4. The zero-order chi connectivity index (χ0) is 19.3. The predicted molar refractivity (Wildman–Crippen MR) is 108 cm³/mol. The molecule has 1 amide bonds. The van der Waals surface area contributed by atoms with Crippen molar-refractivity contribution in [2.75, 3.05) is 20.2 Å². The Morgan fingerprint density at radius 2 is 2.14 bits per heavy atom. The van der Waals surface area contributed by atoms with Crippen molar-refractivity contribution in [3.63, 3.8) is 0 Å². The highest BCUT2D eigenvalue weighted by Gasteiger charge is 2.17. The van der Waals surface area contributed by atoms with Gasteiger partial charge in [0.1, 0.15) is 5.52 Å². The minimum atomic E-state index is -0.0145. The second-order valence-electron chi connectivity index (χ2n) is 7.43. The number of aromatic nitrogens is 3. The lowest BCUT2D eigenvalue weighted by molar-refractivity contribution is 0.0763. The van der Waals surface area contributed by atoms with Crippen LogP contribution < -0.4 is 0 Å². The van der Waals surface area contributed by atoms with Crippen LogP contribution in [0.4, 0.5) is 0 Å². The number of nitrogens with zero attached hydrogens (tertiary/aromatic N) is 4. The van der Waals surface area contributed by atoms with Gasteiger partial charge in [-0.15, -0.1) is 0 Å². The predicted octanol–water partition coefficient (Wildman–Crippen LogP) is 3.51. The van der Waals surface area contributed by atoms with Crippen LogP contribution >= 0.6 is 0 Å². The summed E-state index contributed by atoms with van der Waals surface area (Å²) < 4.78 is 7.65. The number of carbonyl (C=O) groups is 1. The van der Waals surface area contributed by atoms with Crippen molar-refractivity contribution in [2.24, 2.45) is 0 Å². The summed E-state index contributed by atoms with van der Waals surface area (Å²) in [6, 6.07) is 12.0. The summed E-state index contributed by atoms with van der Waals surface area (Å²) in [6.07, 6.45) is 8.07. The molecule has 0 saturated carbocycles. The Kier molecular flexibility index (Phi) is 5.67. The summed E-state index contributed by atoms with van der Waals surface area (Å²) >= 11 is 0. The second-order valence-corrected chi connectivity index (χ2v) is 7.43. The summed E-state index contributed by atoms with van der Waals surface area (Å²) in [5.74, 6) is -0.0145. The van der Waals surface area contributed by atoms with E-state index in [2.05, 4.69) is 22.1 Å². The Labute approximate surface area is 165 Å². The smallest absolute Gasteiger partial charge is 0.255 e. The van der Waals surface area contributed by atoms with Crippen molar-refractivity contribution in [1.82, 2.24) is 19.4 Å². The molecule has 146 valence electrons. The lowest BCUT2D eigenvalue weighted by atomic mass is 10.1. The number of pyridine rings is 1. The van der Waals surface area contributed by atoms with E-state index in [1.807, 2.05) is 35.9 Å². The Balaban J connectivity index is 1.40. The Morgan fingerprint density at radius 3 is 2.93 bits per heavy atom. The minimum Gasteiger partial charge on any atom is -0.378 e. The highest BCUT2D eigenvalue weighted by Crippen LogP contribution is 2.18. The SMILES string of the molecule is CN(CCCC1CCCO1)C(=O)c1cnc2c(c1)ncn2Cc1ccccc1. The van der Waals surface area contributed by atoms with E-state index in [4.69, 9.17) is 4.74 Å². The van der Waals surface area contributed by atoms with E-state index in [0.29, 0.717) is 18.2 Å². The molecule has 4 rings (SSSR count). The maximum atomic E-state index is 12.7. The third-order valence-electron chi connectivity index (χ3n) is 5.29. The maximum Gasteiger partial charge on any atom is 0.255 e. The van der Waals surface area contributed by atoms with Crippen LogP contribution in [-0.4, -0.2) is 51.6 Å². The molecule has 1 aliphatic heterocycles. The van der Waals surface area contributed by atoms with Crippen molar-refractivity contribution >= 4 is 17.1 Å². The van der Waals surface area contributed by atoms with Gasteiger partial charge in [-0.2, -0.15) is 0 Å². The van der Waals surface area contributed by atoms with E-state index in [9.17, 15) is 4.79 Å². The van der Waals surface area contributed by atoms with Crippen LogP contribution in [0.1, 0.15) is 41.6 Å². The van der Waals surface area contributed by atoms with Gasteiger partial charge in [0.05, 0.1) is 24.5 Å². The second kappa shape index (κ2) is 8.52. The van der Waals surface area contributed by atoms with E-state index in [0.717, 1.165) is 50.0 Å². The molecule has 0 aliphatic carbocycles. The Morgan fingerprint density at radius 1 is 1.29 bits per heavy atom. The molecule has 3 aromatic rings. The highest BCUT2D eigenvalue weighted by atomic mass is 16.5. The molecule has 3 heterocycles. The molecular weight excluding hydrogens is 352 g/mol. The minimum absolute atomic E-state index is 0.0145. The topological polar surface area (TPSA) is 60.2 Å². The molecule has 1 aromatic carbocycles. The lowest BCUT2D eigenvalue weighted by Crippen LogP contribution is -2.28. The molecule has 1 saturated heterocycles. The number of fused-ring (bicyclic) bond motifs is 1. The molecule has 28 heavy (non-hydrogen) atoms. The molecule has 1 fully saturated rings. The van der Waals surface area contributed by atoms with Crippen molar-refractivity contribution in [2.45, 2.75) is 38.3 Å². The zero-order valence-electron chi connectivity index (χ0n) is 16.3. The summed E-state index contributed by atoms with van der Waals surface area (Å²) in [5, 5.41) is 0. The van der Waals surface area contributed by atoms with E-state index >= 15 is 0 Å². The molecule has 2 aromatic heterocycles. The molecule has 0 radical (unpaired) electrons. The third-order valence-corrected chi connectivity index (χ3v) is 5.29. The van der Waals surface area contributed by atoms with Crippen molar-refractivity contribution < 1.29 is 9.53 Å². The number of rotatable bonds is 7. The van der Waals surface area contributed by atoms with E-state index < -0.39 is 0 Å². The van der Waals surface area contributed by atoms with Gasteiger partial charge in [-0.25, -0.2) is 9.97 Å². The first-order valence-corrected chi connectivity index (χ1v) is 9.92. The molecule has 1 aliphatic rings. The number of carbonyl (C=O) groups excluding carboxylic acids is 1. The monoisotopic (exact) mass is 378 g/mol. The quantitative estimate of drug-likeness (QED) is 0.631. The van der Waals surface area contributed by atoms with Gasteiger partial charge in [0, 0.05) is 26.4 Å². The van der Waals surface area contributed by atoms with Gasteiger partial charge in [-0.1, -0.05) is 30.3 Å². The van der Waals surface area contributed by atoms with E-state index in [1.165, 1.54) is 5.56 Å². The molecule has 6 nitrogen and oxygen atoms in total. The van der Waals surface area contributed by atoms with Crippen LogP contribution in [0.2, 0.25) is 0 Å². The molecule has 1 atom stereocenters. The van der Waals surface area contributed by atoms with Gasteiger partial charge in [0.15, 0.2) is 5.65 Å².